The van der Waals surface area contributed by atoms with Crippen molar-refractivity contribution in [1.29, 1.82) is 0 Å². The normalized spacial score (nSPS) is 12.3. The molecular weight excluding hydrogens is 643 g/mol. The number of benzene rings is 2. The predicted octanol–water partition coefficient (Wildman–Crippen LogP) is 7.20. The second-order valence-corrected chi connectivity index (χ2v) is 14.8. The molecule has 0 fully saturated rings. The van der Waals surface area contributed by atoms with E-state index in [0.717, 1.165) is 28.0 Å². The number of esters is 1. The number of thioether (sulfide) groups is 1. The van der Waals surface area contributed by atoms with Gasteiger partial charge in [-0.2, -0.15) is 4.31 Å². The van der Waals surface area contributed by atoms with Crippen molar-refractivity contribution in [3.8, 4) is 22.5 Å². The molecule has 246 valence electrons. The van der Waals surface area contributed by atoms with Crippen LogP contribution in [0.2, 0.25) is 0 Å². The predicted molar refractivity (Wildman–Crippen MR) is 185 cm³/mol. The zero-order valence-electron chi connectivity index (χ0n) is 27.3. The molecule has 0 saturated carbocycles. The number of thiophene rings is 1. The van der Waals surface area contributed by atoms with Crippen molar-refractivity contribution in [3.05, 3.63) is 64.5 Å². The van der Waals surface area contributed by atoms with Gasteiger partial charge in [0.05, 0.1) is 17.3 Å². The first kappa shape index (κ1) is 35.3. The average molecular weight is 684 g/mol. The van der Waals surface area contributed by atoms with Crippen molar-refractivity contribution in [2.24, 2.45) is 0 Å². The smallest absolute Gasteiger partial charge is 0.341 e. The van der Waals surface area contributed by atoms with E-state index in [1.165, 1.54) is 27.4 Å². The Hall–Kier alpha value is -3.52. The third kappa shape index (κ3) is 7.54. The summed E-state index contributed by atoms with van der Waals surface area (Å²) in [6.45, 7) is 14.3. The second-order valence-electron chi connectivity index (χ2n) is 10.7. The maximum Gasteiger partial charge on any atom is 0.341 e. The summed E-state index contributed by atoms with van der Waals surface area (Å²) in [6, 6.07) is 14.6. The van der Waals surface area contributed by atoms with Gasteiger partial charge in [0, 0.05) is 35.1 Å². The summed E-state index contributed by atoms with van der Waals surface area (Å²) in [7, 11) is -3.66. The first-order chi connectivity index (χ1) is 22.0. The lowest BCUT2D eigenvalue weighted by Gasteiger charge is -2.19. The Morgan fingerprint density at radius 1 is 1.02 bits per heavy atom. The number of nitrogens with zero attached hydrogens (tertiary/aromatic N) is 4. The number of anilines is 1. The number of amides is 1. The highest BCUT2D eigenvalue weighted by Crippen LogP contribution is 2.41. The Morgan fingerprint density at radius 2 is 1.72 bits per heavy atom. The number of carbonyl (C=O) groups is 2. The Labute approximate surface area is 279 Å². The molecule has 4 aromatic rings. The molecule has 10 nitrogen and oxygen atoms in total. The Morgan fingerprint density at radius 3 is 2.35 bits per heavy atom. The number of hydrogen-bond acceptors (Lipinski definition) is 9. The number of aromatic nitrogens is 3. The highest BCUT2D eigenvalue weighted by atomic mass is 32.2. The quantitative estimate of drug-likeness (QED) is 0.109. The highest BCUT2D eigenvalue weighted by Gasteiger charge is 2.27. The van der Waals surface area contributed by atoms with Crippen molar-refractivity contribution in [3.63, 3.8) is 0 Å². The molecule has 0 aliphatic rings. The molecular formula is C33H41N5O5S3. The van der Waals surface area contributed by atoms with Crippen molar-refractivity contribution >= 4 is 50.0 Å². The van der Waals surface area contributed by atoms with E-state index in [0.29, 0.717) is 40.2 Å². The van der Waals surface area contributed by atoms with Crippen LogP contribution in [0.1, 0.15) is 67.9 Å². The number of aryl methyl sites for hydroxylation is 2. The van der Waals surface area contributed by atoms with Gasteiger partial charge in [-0.1, -0.05) is 74.5 Å². The Kier molecular flexibility index (Phi) is 11.8. The molecule has 0 saturated heterocycles. The molecule has 0 aliphatic carbocycles. The van der Waals surface area contributed by atoms with Gasteiger partial charge in [0.1, 0.15) is 10.6 Å². The topological polar surface area (TPSA) is 123 Å². The molecule has 13 heteroatoms. The number of nitrogens with one attached hydrogen (secondary N) is 1. The van der Waals surface area contributed by atoms with Crippen molar-refractivity contribution < 1.29 is 22.7 Å². The highest BCUT2D eigenvalue weighted by molar-refractivity contribution is 7.99. The van der Waals surface area contributed by atoms with Crippen LogP contribution in [-0.2, 0) is 19.6 Å². The summed E-state index contributed by atoms with van der Waals surface area (Å²) in [5.74, 6) is -0.254. The average Bonchev–Trinajstić information content (AvgIpc) is 3.61. The minimum Gasteiger partial charge on any atom is -0.462 e. The molecule has 1 N–H and O–H groups in total. The van der Waals surface area contributed by atoms with E-state index in [1.54, 1.807) is 25.1 Å². The summed E-state index contributed by atoms with van der Waals surface area (Å²) in [4.78, 5) is 27.5. The van der Waals surface area contributed by atoms with Crippen LogP contribution < -0.4 is 5.32 Å². The van der Waals surface area contributed by atoms with E-state index in [2.05, 4.69) is 15.5 Å². The molecule has 2 heterocycles. The number of hydrogen-bond donors (Lipinski definition) is 1. The third-order valence-electron chi connectivity index (χ3n) is 7.62. The number of rotatable bonds is 14. The monoisotopic (exact) mass is 683 g/mol. The lowest BCUT2D eigenvalue weighted by molar-refractivity contribution is -0.113. The Balaban J connectivity index is 1.61. The minimum absolute atomic E-state index is 0.0179. The lowest BCUT2D eigenvalue weighted by Crippen LogP contribution is -2.30. The van der Waals surface area contributed by atoms with Gasteiger partial charge in [0.2, 0.25) is 15.9 Å². The van der Waals surface area contributed by atoms with E-state index >= 15 is 0 Å². The summed E-state index contributed by atoms with van der Waals surface area (Å²) >= 11 is 2.57. The molecule has 0 spiro atoms. The van der Waals surface area contributed by atoms with E-state index in [4.69, 9.17) is 4.74 Å². The fraction of sp³-hybridized carbons (Fsp3) is 0.394. The van der Waals surface area contributed by atoms with Gasteiger partial charge in [0.15, 0.2) is 11.0 Å². The van der Waals surface area contributed by atoms with Gasteiger partial charge < -0.3 is 10.1 Å². The van der Waals surface area contributed by atoms with E-state index < -0.39 is 16.0 Å². The molecule has 2 aromatic carbocycles. The SMILES string of the molecule is CCOC(=O)c1c(NC(=O)CSc2nnc(-c3cccc(S(=O)(=O)N(CC)CC)c3)n2[C@@H](C)CC)sc(C)c1-c1ccc(C)cc1. The van der Waals surface area contributed by atoms with Crippen LogP contribution in [0.15, 0.2) is 58.6 Å². The summed E-state index contributed by atoms with van der Waals surface area (Å²) < 4.78 is 35.2. The van der Waals surface area contributed by atoms with Crippen LogP contribution in [0, 0.1) is 13.8 Å². The first-order valence-corrected chi connectivity index (χ1v) is 18.6. The van der Waals surface area contributed by atoms with Gasteiger partial charge in [-0.25, -0.2) is 13.2 Å². The van der Waals surface area contributed by atoms with Crippen LogP contribution in [-0.4, -0.2) is 64.8 Å². The summed E-state index contributed by atoms with van der Waals surface area (Å²) in [5, 5.41) is 12.7. The number of sulfonamides is 1. The van der Waals surface area contributed by atoms with Gasteiger partial charge in [0.25, 0.3) is 0 Å². The maximum atomic E-state index is 13.3. The standard InChI is InChI=1S/C33H41N5O5S3/c1-8-22(6)38-30(25-13-12-14-26(19-25)46(41,42)37(9-2)10-3)35-36-33(38)44-20-27(39)34-31-29(32(40)43-11-4)28(23(7)45-31)24-17-15-21(5)16-18-24/h12-19,22H,8-11,20H2,1-7H3,(H,34,39)/t22-/m0/s1. The van der Waals surface area contributed by atoms with Gasteiger partial charge in [-0.3, -0.25) is 9.36 Å². The summed E-state index contributed by atoms with van der Waals surface area (Å²) in [6.07, 6.45) is 0.765. The zero-order chi connectivity index (χ0) is 33.6. The molecule has 4 rings (SSSR count). The molecule has 46 heavy (non-hydrogen) atoms. The van der Waals surface area contributed by atoms with Crippen LogP contribution >= 0.6 is 23.1 Å². The van der Waals surface area contributed by atoms with Crippen molar-refractivity contribution in [2.75, 3.05) is 30.8 Å². The largest absolute Gasteiger partial charge is 0.462 e. The zero-order valence-corrected chi connectivity index (χ0v) is 29.7. The van der Waals surface area contributed by atoms with E-state index in [-0.39, 0.29) is 29.2 Å². The molecule has 1 atom stereocenters. The Bertz CT molecular complexity index is 1790. The van der Waals surface area contributed by atoms with Crippen LogP contribution in [0.25, 0.3) is 22.5 Å². The van der Waals surface area contributed by atoms with E-state index in [1.807, 2.05) is 76.4 Å². The minimum atomic E-state index is -3.66. The fourth-order valence-corrected chi connectivity index (χ4v) is 8.47. The van der Waals surface area contributed by atoms with Gasteiger partial charge >= 0.3 is 5.97 Å². The first-order valence-electron chi connectivity index (χ1n) is 15.3. The third-order valence-corrected chi connectivity index (χ3v) is 11.6. The molecule has 2 aromatic heterocycles. The molecule has 1 amide bonds. The van der Waals surface area contributed by atoms with Gasteiger partial charge in [-0.05, 0) is 51.8 Å². The van der Waals surface area contributed by atoms with Crippen LogP contribution in [0.4, 0.5) is 5.00 Å². The molecule has 0 unspecified atom stereocenters. The molecule has 0 bridgehead atoms. The molecule has 0 aliphatic heterocycles. The van der Waals surface area contributed by atoms with Crippen molar-refractivity contribution in [2.45, 2.75) is 71.0 Å². The maximum absolute atomic E-state index is 13.3. The van der Waals surface area contributed by atoms with Crippen molar-refractivity contribution in [1.82, 2.24) is 19.1 Å². The number of carbonyl (C=O) groups excluding carboxylic acids is 2. The van der Waals surface area contributed by atoms with E-state index in [9.17, 15) is 18.0 Å². The van der Waals surface area contributed by atoms with Crippen LogP contribution in [0.5, 0.6) is 0 Å². The number of ether oxygens (including phenoxy) is 1. The lowest BCUT2D eigenvalue weighted by atomic mass is 10.0. The second kappa shape index (κ2) is 15.4. The summed E-state index contributed by atoms with van der Waals surface area (Å²) in [5.41, 5.74) is 3.69. The van der Waals surface area contributed by atoms with Crippen LogP contribution in [0.3, 0.4) is 0 Å². The fourth-order valence-electron chi connectivity index (χ4n) is 5.05. The van der Waals surface area contributed by atoms with Gasteiger partial charge in [-0.15, -0.1) is 21.5 Å². The molecule has 0 radical (unpaired) electrons.